The summed E-state index contributed by atoms with van der Waals surface area (Å²) in [6, 6.07) is 10.9. The molecule has 1 fully saturated rings. The molecule has 8 heteroatoms. The highest BCUT2D eigenvalue weighted by Crippen LogP contribution is 2.53. The molecule has 0 aliphatic heterocycles. The van der Waals surface area contributed by atoms with Gasteiger partial charge >= 0.3 is 0 Å². The van der Waals surface area contributed by atoms with Gasteiger partial charge in [0.05, 0.1) is 5.56 Å². The fourth-order valence-corrected chi connectivity index (χ4v) is 5.63. The van der Waals surface area contributed by atoms with Gasteiger partial charge < -0.3 is 26.2 Å². The van der Waals surface area contributed by atoms with Crippen LogP contribution in [0.25, 0.3) is 16.9 Å². The zero-order valence-corrected chi connectivity index (χ0v) is 18.3. The number of nitrogens with two attached hydrogens (primary N) is 1. The van der Waals surface area contributed by atoms with Gasteiger partial charge in [0.2, 0.25) is 5.78 Å². The van der Waals surface area contributed by atoms with Crippen LogP contribution < -0.4 is 5.73 Å². The molecule has 0 bridgehead atoms. The SMILES string of the molecule is Cc1ccc(-c2ccc(O)c3c2C[C@H]2C[C@H]4CC(=O)C(C(N)=O)=C(O)[C@@]4(O)C(=O)C2=C3O)cc1. The highest BCUT2D eigenvalue weighted by atomic mass is 16.3. The maximum atomic E-state index is 13.5. The van der Waals surface area contributed by atoms with E-state index in [1.807, 2.05) is 31.2 Å². The molecule has 3 atom stereocenters. The fraction of sp³-hybridized carbons (Fsp3) is 0.269. The molecule has 0 heterocycles. The monoisotopic (exact) mass is 461 g/mol. The van der Waals surface area contributed by atoms with Crippen molar-refractivity contribution in [2.75, 3.05) is 0 Å². The molecule has 2 aromatic carbocycles. The molecular formula is C26H23NO7. The molecule has 0 saturated heterocycles. The van der Waals surface area contributed by atoms with Crippen LogP contribution in [-0.2, 0) is 20.8 Å². The Bertz CT molecular complexity index is 1350. The number of phenols is 1. The van der Waals surface area contributed by atoms with E-state index >= 15 is 0 Å². The number of rotatable bonds is 2. The molecule has 6 N–H and O–H groups in total. The topological polar surface area (TPSA) is 158 Å². The summed E-state index contributed by atoms with van der Waals surface area (Å²) in [6.07, 6.45) is 0.0325. The van der Waals surface area contributed by atoms with Crippen LogP contribution in [0.1, 0.15) is 29.5 Å². The van der Waals surface area contributed by atoms with Gasteiger partial charge in [-0.15, -0.1) is 0 Å². The minimum atomic E-state index is -2.56. The van der Waals surface area contributed by atoms with E-state index in [9.17, 15) is 34.8 Å². The minimum Gasteiger partial charge on any atom is -0.508 e. The highest BCUT2D eigenvalue weighted by Gasteiger charge is 2.60. The number of ketones is 2. The molecule has 1 amide bonds. The standard InChI is InChI=1S/C26H23NO7/c1-11-2-4-12(5-3-11)15-6-7-17(28)20-16(15)9-13-8-14-10-18(29)21(25(27)33)24(32)26(14,34)23(31)19(13)22(20)30/h2-7,13-14,28,30,32,34H,8-10H2,1H3,(H2,27,33)/t13-,14+,26+/m1/s1. The van der Waals surface area contributed by atoms with Gasteiger partial charge in [0.15, 0.2) is 11.4 Å². The van der Waals surface area contributed by atoms with E-state index < -0.39 is 52.0 Å². The third-order valence-corrected chi connectivity index (χ3v) is 7.31. The Hall–Kier alpha value is -3.91. The number of aliphatic hydroxyl groups is 3. The van der Waals surface area contributed by atoms with Gasteiger partial charge in [-0.05, 0) is 48.4 Å². The number of benzene rings is 2. The summed E-state index contributed by atoms with van der Waals surface area (Å²) < 4.78 is 0. The molecule has 34 heavy (non-hydrogen) atoms. The van der Waals surface area contributed by atoms with E-state index in [4.69, 9.17) is 5.73 Å². The second kappa shape index (κ2) is 7.30. The van der Waals surface area contributed by atoms with Gasteiger partial charge in [-0.25, -0.2) is 0 Å². The fourth-order valence-electron chi connectivity index (χ4n) is 5.63. The molecule has 3 aliphatic carbocycles. The summed E-state index contributed by atoms with van der Waals surface area (Å²) in [6.45, 7) is 1.96. The molecule has 0 radical (unpaired) electrons. The van der Waals surface area contributed by atoms with E-state index in [2.05, 4.69) is 0 Å². The number of carbonyl (C=O) groups excluding carboxylic acids is 3. The highest BCUT2D eigenvalue weighted by molar-refractivity contribution is 6.22. The first kappa shape index (κ1) is 21.9. The van der Waals surface area contributed by atoms with Crippen LogP contribution >= 0.6 is 0 Å². The van der Waals surface area contributed by atoms with Gasteiger partial charge in [-0.3, -0.25) is 14.4 Å². The molecular weight excluding hydrogens is 438 g/mol. The zero-order chi connectivity index (χ0) is 24.5. The number of primary amides is 1. The summed E-state index contributed by atoms with van der Waals surface area (Å²) in [4.78, 5) is 37.7. The quantitative estimate of drug-likeness (QED) is 0.430. The lowest BCUT2D eigenvalue weighted by atomic mass is 9.59. The maximum absolute atomic E-state index is 13.5. The number of aryl methyl sites for hydroxylation is 1. The maximum Gasteiger partial charge on any atom is 0.255 e. The van der Waals surface area contributed by atoms with E-state index in [1.54, 1.807) is 6.07 Å². The molecule has 2 aromatic rings. The largest absolute Gasteiger partial charge is 0.508 e. The van der Waals surface area contributed by atoms with Gasteiger partial charge in [-0.1, -0.05) is 35.9 Å². The van der Waals surface area contributed by atoms with Crippen molar-refractivity contribution in [3.8, 4) is 16.9 Å². The number of fused-ring (bicyclic) bond motifs is 3. The number of phenolic OH excluding ortho intramolecular Hbond substituents is 1. The van der Waals surface area contributed by atoms with Crippen LogP contribution in [0.5, 0.6) is 5.75 Å². The Balaban J connectivity index is 1.70. The van der Waals surface area contributed by atoms with Crippen LogP contribution in [0.2, 0.25) is 0 Å². The van der Waals surface area contributed by atoms with Crippen molar-refractivity contribution < 1.29 is 34.8 Å². The summed E-state index contributed by atoms with van der Waals surface area (Å²) in [5.74, 6) is -6.32. The van der Waals surface area contributed by atoms with Crippen molar-refractivity contribution in [3.05, 3.63) is 70.0 Å². The summed E-state index contributed by atoms with van der Waals surface area (Å²) in [5.41, 5.74) is 5.16. The lowest BCUT2D eigenvalue weighted by Gasteiger charge is -2.46. The van der Waals surface area contributed by atoms with E-state index in [0.29, 0.717) is 5.56 Å². The van der Waals surface area contributed by atoms with E-state index in [0.717, 1.165) is 16.7 Å². The van der Waals surface area contributed by atoms with Crippen LogP contribution in [-0.4, -0.2) is 43.5 Å². The first-order valence-corrected chi connectivity index (χ1v) is 10.9. The summed E-state index contributed by atoms with van der Waals surface area (Å²) in [5, 5.41) is 43.6. The second-order valence-electron chi connectivity index (χ2n) is 9.26. The van der Waals surface area contributed by atoms with Crippen molar-refractivity contribution in [1.29, 1.82) is 0 Å². The lowest BCUT2D eigenvalue weighted by molar-refractivity contribution is -0.147. The first-order chi connectivity index (χ1) is 16.1. The number of aliphatic hydroxyl groups excluding tert-OH is 2. The van der Waals surface area contributed by atoms with Crippen LogP contribution in [0, 0.1) is 18.8 Å². The van der Waals surface area contributed by atoms with Crippen molar-refractivity contribution >= 4 is 23.2 Å². The van der Waals surface area contributed by atoms with Gasteiger partial charge in [0.25, 0.3) is 5.91 Å². The average molecular weight is 461 g/mol. The van der Waals surface area contributed by atoms with Crippen molar-refractivity contribution in [3.63, 3.8) is 0 Å². The predicted octanol–water partition coefficient (Wildman–Crippen LogP) is 2.40. The Morgan fingerprint density at radius 3 is 2.35 bits per heavy atom. The Morgan fingerprint density at radius 1 is 1.03 bits per heavy atom. The molecule has 0 spiro atoms. The average Bonchev–Trinajstić information content (AvgIpc) is 2.77. The molecule has 174 valence electrons. The third-order valence-electron chi connectivity index (χ3n) is 7.31. The number of amides is 1. The second-order valence-corrected chi connectivity index (χ2v) is 9.26. The molecule has 1 saturated carbocycles. The zero-order valence-electron chi connectivity index (χ0n) is 18.3. The summed E-state index contributed by atoms with van der Waals surface area (Å²) in [7, 11) is 0. The van der Waals surface area contributed by atoms with Crippen LogP contribution in [0.15, 0.2) is 53.3 Å². The smallest absolute Gasteiger partial charge is 0.255 e. The predicted molar refractivity (Wildman–Crippen MR) is 122 cm³/mol. The van der Waals surface area contributed by atoms with Gasteiger partial charge in [0, 0.05) is 17.9 Å². The van der Waals surface area contributed by atoms with Crippen LogP contribution in [0.3, 0.4) is 0 Å². The molecule has 3 aliphatic rings. The normalized spacial score (nSPS) is 26.2. The summed E-state index contributed by atoms with van der Waals surface area (Å²) >= 11 is 0. The Kier molecular flexibility index (Phi) is 4.70. The number of Topliss-reactive ketones (excluding diaryl/α,β-unsaturated/α-hetero) is 2. The van der Waals surface area contributed by atoms with Gasteiger partial charge in [0.1, 0.15) is 22.8 Å². The molecule has 8 nitrogen and oxygen atoms in total. The lowest BCUT2D eigenvalue weighted by Crippen LogP contribution is -2.58. The van der Waals surface area contributed by atoms with Gasteiger partial charge in [-0.2, -0.15) is 0 Å². The van der Waals surface area contributed by atoms with Crippen molar-refractivity contribution in [2.24, 2.45) is 17.6 Å². The number of hydrogen-bond acceptors (Lipinski definition) is 7. The molecule has 0 aromatic heterocycles. The third kappa shape index (κ3) is 2.85. The number of aromatic hydroxyl groups is 1. The van der Waals surface area contributed by atoms with Crippen molar-refractivity contribution in [1.82, 2.24) is 0 Å². The number of carbonyl (C=O) groups is 3. The number of hydrogen-bond donors (Lipinski definition) is 5. The molecule has 0 unspecified atom stereocenters. The molecule has 5 rings (SSSR count). The van der Waals surface area contributed by atoms with Crippen molar-refractivity contribution in [2.45, 2.75) is 31.8 Å². The van der Waals surface area contributed by atoms with Crippen LogP contribution in [0.4, 0.5) is 0 Å². The Labute approximate surface area is 194 Å². The van der Waals surface area contributed by atoms with E-state index in [1.165, 1.54) is 6.07 Å². The first-order valence-electron chi connectivity index (χ1n) is 10.9. The van der Waals surface area contributed by atoms with E-state index in [-0.39, 0.29) is 36.1 Å². The Morgan fingerprint density at radius 2 is 1.71 bits per heavy atom. The minimum absolute atomic E-state index is 0.0882.